The molecule has 176 valence electrons. The predicted molar refractivity (Wildman–Crippen MR) is 139 cm³/mol. The molecule has 0 atom stereocenters. The number of benzene rings is 4. The van der Waals surface area contributed by atoms with Crippen molar-refractivity contribution >= 4 is 28.2 Å². The minimum atomic E-state index is -0.520. The van der Waals surface area contributed by atoms with Gasteiger partial charge in [0.25, 0.3) is 11.6 Å². The van der Waals surface area contributed by atoms with Crippen LogP contribution < -0.4 is 10.1 Å². The van der Waals surface area contributed by atoms with E-state index in [4.69, 9.17) is 9.72 Å². The van der Waals surface area contributed by atoms with Gasteiger partial charge in [0.05, 0.1) is 33.5 Å². The average molecular weight is 476 g/mol. The fourth-order valence-electron chi connectivity index (χ4n) is 3.95. The Balaban J connectivity index is 1.52. The van der Waals surface area contributed by atoms with Gasteiger partial charge in [0.15, 0.2) is 0 Å². The zero-order chi connectivity index (χ0) is 25.1. The average Bonchev–Trinajstić information content (AvgIpc) is 2.88. The van der Waals surface area contributed by atoms with Gasteiger partial charge < -0.3 is 10.1 Å². The maximum atomic E-state index is 13.5. The number of hydrogen-bond acceptors (Lipinski definition) is 5. The maximum Gasteiger partial charge on any atom is 0.275 e. The first-order valence-corrected chi connectivity index (χ1v) is 11.3. The Kier molecular flexibility index (Phi) is 6.11. The van der Waals surface area contributed by atoms with E-state index in [0.717, 1.165) is 11.1 Å². The number of anilines is 1. The maximum absolute atomic E-state index is 13.5. The molecule has 0 fully saturated rings. The number of rotatable bonds is 6. The molecular weight excluding hydrogens is 454 g/mol. The third-order valence-corrected chi connectivity index (χ3v) is 5.62. The number of nitrogens with one attached hydrogen (secondary N) is 1. The predicted octanol–water partition coefficient (Wildman–Crippen LogP) is 7.16. The van der Waals surface area contributed by atoms with Gasteiger partial charge in [0, 0.05) is 23.1 Å². The van der Waals surface area contributed by atoms with Crippen LogP contribution in [0.15, 0.2) is 103 Å². The number of carbonyl (C=O) groups is 1. The Morgan fingerprint density at radius 3 is 2.42 bits per heavy atom. The smallest absolute Gasteiger partial charge is 0.275 e. The lowest BCUT2D eigenvalue weighted by Gasteiger charge is -2.12. The fourth-order valence-corrected chi connectivity index (χ4v) is 3.95. The highest BCUT2D eigenvalue weighted by molar-refractivity contribution is 6.13. The van der Waals surface area contributed by atoms with Crippen LogP contribution >= 0.6 is 0 Å². The van der Waals surface area contributed by atoms with Crippen LogP contribution in [0.5, 0.6) is 11.5 Å². The molecule has 0 unspecified atom stereocenters. The molecule has 4 aromatic carbocycles. The molecule has 7 heteroatoms. The molecule has 1 amide bonds. The molecule has 1 N–H and O–H groups in total. The Hall–Kier alpha value is -5.04. The molecule has 5 rings (SSSR count). The number of para-hydroxylation sites is 1. The highest BCUT2D eigenvalue weighted by Crippen LogP contribution is 2.31. The summed E-state index contributed by atoms with van der Waals surface area (Å²) >= 11 is 0. The number of ether oxygens (including phenoxy) is 1. The molecule has 1 aromatic heterocycles. The normalized spacial score (nSPS) is 10.7. The second kappa shape index (κ2) is 9.68. The zero-order valence-corrected chi connectivity index (χ0v) is 19.3. The van der Waals surface area contributed by atoms with Gasteiger partial charge in [-0.05, 0) is 36.8 Å². The van der Waals surface area contributed by atoms with E-state index in [1.165, 1.54) is 12.1 Å². The van der Waals surface area contributed by atoms with E-state index in [-0.39, 0.29) is 17.1 Å². The minimum Gasteiger partial charge on any atom is -0.457 e. The first-order valence-electron chi connectivity index (χ1n) is 11.3. The lowest BCUT2D eigenvalue weighted by atomic mass is 10.0. The molecule has 0 aliphatic rings. The SMILES string of the molecule is Cc1cccc(Oc2cc(NC(=O)c3cc(-c4ccccc4)nc4ccccc34)cc([N+](=O)[O-])c2)c1. The van der Waals surface area contributed by atoms with Gasteiger partial charge in [-0.3, -0.25) is 14.9 Å². The molecule has 0 aliphatic carbocycles. The third-order valence-electron chi connectivity index (χ3n) is 5.62. The number of fused-ring (bicyclic) bond motifs is 1. The summed E-state index contributed by atoms with van der Waals surface area (Å²) < 4.78 is 5.86. The minimum absolute atomic E-state index is 0.194. The van der Waals surface area contributed by atoms with E-state index < -0.39 is 10.8 Å². The summed E-state index contributed by atoms with van der Waals surface area (Å²) in [6, 6.07) is 30.2. The number of nitrogens with zero attached hydrogens (tertiary/aromatic N) is 2. The van der Waals surface area contributed by atoms with E-state index in [0.29, 0.717) is 27.9 Å². The first kappa shape index (κ1) is 22.7. The van der Waals surface area contributed by atoms with Gasteiger partial charge >= 0.3 is 0 Å². The summed E-state index contributed by atoms with van der Waals surface area (Å²) in [5.74, 6) is 0.378. The number of aromatic nitrogens is 1. The first-order chi connectivity index (χ1) is 17.5. The lowest BCUT2D eigenvalue weighted by Crippen LogP contribution is -2.13. The van der Waals surface area contributed by atoms with Crippen LogP contribution in [0.3, 0.4) is 0 Å². The van der Waals surface area contributed by atoms with E-state index in [1.807, 2.05) is 79.7 Å². The molecule has 7 nitrogen and oxygen atoms in total. The van der Waals surface area contributed by atoms with Crippen LogP contribution in [-0.4, -0.2) is 15.8 Å². The molecule has 0 aliphatic heterocycles. The van der Waals surface area contributed by atoms with Crippen LogP contribution in [0.2, 0.25) is 0 Å². The van der Waals surface area contributed by atoms with Crippen LogP contribution in [0.4, 0.5) is 11.4 Å². The Bertz CT molecular complexity index is 1600. The molecule has 0 saturated heterocycles. The van der Waals surface area contributed by atoms with E-state index in [2.05, 4.69) is 5.32 Å². The topological polar surface area (TPSA) is 94.4 Å². The Morgan fingerprint density at radius 1 is 0.861 bits per heavy atom. The van der Waals surface area contributed by atoms with Crippen molar-refractivity contribution in [3.63, 3.8) is 0 Å². The standard InChI is InChI=1S/C29H21N3O4/c1-19-8-7-11-23(14-19)36-24-16-21(15-22(17-24)32(34)35)30-29(33)26-18-28(20-9-3-2-4-10-20)31-27-13-6-5-12-25(26)27/h2-18H,1H3,(H,30,33). The number of hydrogen-bond donors (Lipinski definition) is 1. The van der Waals surface area contributed by atoms with Crippen molar-refractivity contribution in [2.24, 2.45) is 0 Å². The molecule has 36 heavy (non-hydrogen) atoms. The Labute approximate surface area is 207 Å². The molecule has 5 aromatic rings. The quantitative estimate of drug-likeness (QED) is 0.208. The molecule has 0 saturated carbocycles. The number of pyridine rings is 1. The molecule has 0 radical (unpaired) electrons. The number of non-ortho nitro benzene ring substituents is 1. The second-order valence-corrected chi connectivity index (χ2v) is 8.28. The summed E-state index contributed by atoms with van der Waals surface area (Å²) in [5, 5.41) is 15.1. The third kappa shape index (κ3) is 4.90. The summed E-state index contributed by atoms with van der Waals surface area (Å²) in [7, 11) is 0. The van der Waals surface area contributed by atoms with Gasteiger partial charge in [-0.15, -0.1) is 0 Å². The van der Waals surface area contributed by atoms with Gasteiger partial charge in [0.2, 0.25) is 0 Å². The van der Waals surface area contributed by atoms with E-state index in [1.54, 1.807) is 18.2 Å². The summed E-state index contributed by atoms with van der Waals surface area (Å²) in [6.45, 7) is 1.93. The zero-order valence-electron chi connectivity index (χ0n) is 19.3. The summed E-state index contributed by atoms with van der Waals surface area (Å²) in [6.07, 6.45) is 0. The largest absolute Gasteiger partial charge is 0.457 e. The second-order valence-electron chi connectivity index (χ2n) is 8.28. The van der Waals surface area contributed by atoms with Crippen LogP contribution in [0.25, 0.3) is 22.2 Å². The van der Waals surface area contributed by atoms with Gasteiger partial charge in [-0.2, -0.15) is 0 Å². The molecule has 1 heterocycles. The molecular formula is C29H21N3O4. The van der Waals surface area contributed by atoms with Crippen LogP contribution in [0, 0.1) is 17.0 Å². The van der Waals surface area contributed by atoms with Crippen molar-refractivity contribution < 1.29 is 14.5 Å². The van der Waals surface area contributed by atoms with Crippen LogP contribution in [-0.2, 0) is 0 Å². The highest BCUT2D eigenvalue weighted by Gasteiger charge is 2.17. The molecule has 0 bridgehead atoms. The van der Waals surface area contributed by atoms with Crippen molar-refractivity contribution in [2.45, 2.75) is 6.92 Å². The van der Waals surface area contributed by atoms with Gasteiger partial charge in [-0.25, -0.2) is 4.98 Å². The van der Waals surface area contributed by atoms with Crippen molar-refractivity contribution in [1.82, 2.24) is 4.98 Å². The number of nitro benzene ring substituents is 1. The number of carbonyl (C=O) groups excluding carboxylic acids is 1. The monoisotopic (exact) mass is 475 g/mol. The van der Waals surface area contributed by atoms with Gasteiger partial charge in [0.1, 0.15) is 11.5 Å². The number of amides is 1. The molecule has 0 spiro atoms. The van der Waals surface area contributed by atoms with E-state index >= 15 is 0 Å². The van der Waals surface area contributed by atoms with Crippen molar-refractivity contribution in [1.29, 1.82) is 0 Å². The summed E-state index contributed by atoms with van der Waals surface area (Å²) in [5.41, 5.74) is 3.66. The van der Waals surface area contributed by atoms with Crippen LogP contribution in [0.1, 0.15) is 15.9 Å². The van der Waals surface area contributed by atoms with Crippen molar-refractivity contribution in [2.75, 3.05) is 5.32 Å². The Morgan fingerprint density at radius 2 is 1.64 bits per heavy atom. The van der Waals surface area contributed by atoms with Crippen molar-refractivity contribution in [3.8, 4) is 22.8 Å². The number of nitro groups is 1. The lowest BCUT2D eigenvalue weighted by molar-refractivity contribution is -0.384. The van der Waals surface area contributed by atoms with Gasteiger partial charge in [-0.1, -0.05) is 60.7 Å². The van der Waals surface area contributed by atoms with E-state index in [9.17, 15) is 14.9 Å². The fraction of sp³-hybridized carbons (Fsp3) is 0.0345. The summed E-state index contributed by atoms with van der Waals surface area (Å²) in [4.78, 5) is 29.2. The number of aryl methyl sites for hydroxylation is 1. The highest BCUT2D eigenvalue weighted by atomic mass is 16.6. The van der Waals surface area contributed by atoms with Crippen molar-refractivity contribution in [3.05, 3.63) is 124 Å².